The Bertz CT molecular complexity index is 939. The van der Waals surface area contributed by atoms with Crippen molar-refractivity contribution in [2.24, 2.45) is 0 Å². The SMILES string of the molecule is COc1nccc(C)c1CSc1nc2c(c(OCOC(=O)CCC(=O)O)n1)CCO2. The van der Waals surface area contributed by atoms with Gasteiger partial charge < -0.3 is 24.1 Å². The van der Waals surface area contributed by atoms with Crippen molar-refractivity contribution in [2.75, 3.05) is 20.5 Å². The smallest absolute Gasteiger partial charge is 0.309 e. The van der Waals surface area contributed by atoms with Crippen molar-refractivity contribution < 1.29 is 33.6 Å². The van der Waals surface area contributed by atoms with Crippen LogP contribution in [0, 0.1) is 6.92 Å². The number of rotatable bonds is 10. The molecule has 0 aromatic carbocycles. The first kappa shape index (κ1) is 21.6. The average Bonchev–Trinajstić information content (AvgIpc) is 3.20. The number of carbonyl (C=O) groups excluding carboxylic acids is 1. The van der Waals surface area contributed by atoms with Crippen LogP contribution in [-0.2, 0) is 26.5 Å². The highest BCUT2D eigenvalue weighted by molar-refractivity contribution is 7.98. The molecule has 10 nitrogen and oxygen atoms in total. The summed E-state index contributed by atoms with van der Waals surface area (Å²) >= 11 is 1.37. The molecule has 0 spiro atoms. The highest BCUT2D eigenvalue weighted by atomic mass is 32.2. The van der Waals surface area contributed by atoms with Crippen molar-refractivity contribution in [1.82, 2.24) is 15.0 Å². The van der Waals surface area contributed by atoms with E-state index in [1.807, 2.05) is 13.0 Å². The van der Waals surface area contributed by atoms with E-state index < -0.39 is 11.9 Å². The molecule has 0 saturated carbocycles. The van der Waals surface area contributed by atoms with Crippen molar-refractivity contribution >= 4 is 23.7 Å². The molecule has 0 radical (unpaired) electrons. The van der Waals surface area contributed by atoms with Crippen LogP contribution in [0.15, 0.2) is 17.4 Å². The van der Waals surface area contributed by atoms with Crippen LogP contribution >= 0.6 is 11.8 Å². The van der Waals surface area contributed by atoms with Crippen molar-refractivity contribution in [3.63, 3.8) is 0 Å². The van der Waals surface area contributed by atoms with Crippen LogP contribution in [0.25, 0.3) is 0 Å². The third kappa shape index (κ3) is 5.50. The maximum Gasteiger partial charge on any atom is 0.309 e. The fraction of sp³-hybridized carbons (Fsp3) is 0.421. The van der Waals surface area contributed by atoms with Gasteiger partial charge in [-0.2, -0.15) is 9.97 Å². The number of hydrogen-bond donors (Lipinski definition) is 1. The molecule has 160 valence electrons. The largest absolute Gasteiger partial charge is 0.481 e. The number of hydrogen-bond acceptors (Lipinski definition) is 10. The van der Waals surface area contributed by atoms with Crippen LogP contribution in [0.1, 0.15) is 29.5 Å². The molecular weight excluding hydrogens is 414 g/mol. The minimum Gasteiger partial charge on any atom is -0.481 e. The van der Waals surface area contributed by atoms with Crippen molar-refractivity contribution in [1.29, 1.82) is 0 Å². The number of ether oxygens (including phenoxy) is 4. The average molecular weight is 435 g/mol. The molecule has 0 amide bonds. The molecule has 1 aliphatic rings. The lowest BCUT2D eigenvalue weighted by Gasteiger charge is -2.12. The standard InChI is InChI=1S/C19H21N3O7S/c1-11-5-7-20-16(26-2)13(11)9-30-19-21-17-12(6-8-27-17)18(22-19)29-10-28-15(25)4-3-14(23)24/h5,7H,3-4,6,8-10H2,1-2H3,(H,23,24). The number of aliphatic carboxylic acids is 1. The molecule has 0 atom stereocenters. The van der Waals surface area contributed by atoms with E-state index in [0.717, 1.165) is 11.1 Å². The van der Waals surface area contributed by atoms with Crippen LogP contribution in [-0.4, -0.2) is 52.5 Å². The number of esters is 1. The zero-order valence-corrected chi connectivity index (χ0v) is 17.4. The lowest BCUT2D eigenvalue weighted by atomic mass is 10.2. The lowest BCUT2D eigenvalue weighted by molar-refractivity contribution is -0.153. The van der Waals surface area contributed by atoms with Crippen molar-refractivity contribution in [3.05, 3.63) is 29.0 Å². The van der Waals surface area contributed by atoms with E-state index in [0.29, 0.717) is 41.3 Å². The van der Waals surface area contributed by atoms with Gasteiger partial charge in [-0.05, 0) is 18.6 Å². The zero-order chi connectivity index (χ0) is 21.5. The van der Waals surface area contributed by atoms with Gasteiger partial charge in [-0.15, -0.1) is 0 Å². The van der Waals surface area contributed by atoms with Crippen LogP contribution < -0.4 is 14.2 Å². The molecule has 0 fully saturated rings. The molecule has 3 heterocycles. The summed E-state index contributed by atoms with van der Waals surface area (Å²) in [5.41, 5.74) is 2.68. The molecular formula is C19H21N3O7S. The number of aromatic nitrogens is 3. The second-order valence-electron chi connectivity index (χ2n) is 6.27. The maximum absolute atomic E-state index is 11.5. The van der Waals surface area contributed by atoms with Gasteiger partial charge in [-0.1, -0.05) is 11.8 Å². The molecule has 0 aliphatic carbocycles. The van der Waals surface area contributed by atoms with E-state index in [-0.39, 0.29) is 25.5 Å². The Labute approximate surface area is 176 Å². The summed E-state index contributed by atoms with van der Waals surface area (Å²) in [6.07, 6.45) is 1.74. The fourth-order valence-corrected chi connectivity index (χ4v) is 3.60. The lowest BCUT2D eigenvalue weighted by Crippen LogP contribution is -2.13. The maximum atomic E-state index is 11.5. The predicted octanol–water partition coefficient (Wildman–Crippen LogP) is 2.16. The van der Waals surface area contributed by atoms with Gasteiger partial charge in [-0.25, -0.2) is 4.98 Å². The van der Waals surface area contributed by atoms with E-state index in [1.54, 1.807) is 13.3 Å². The third-order valence-corrected chi connectivity index (χ3v) is 5.12. The molecule has 2 aromatic rings. The number of carbonyl (C=O) groups is 2. The summed E-state index contributed by atoms with van der Waals surface area (Å²) in [6.45, 7) is 2.06. The van der Waals surface area contributed by atoms with Gasteiger partial charge >= 0.3 is 11.9 Å². The molecule has 1 N–H and O–H groups in total. The Kier molecular flexibility index (Phi) is 7.28. The van der Waals surface area contributed by atoms with E-state index in [2.05, 4.69) is 15.0 Å². The Morgan fingerprint density at radius 3 is 2.87 bits per heavy atom. The summed E-state index contributed by atoms with van der Waals surface area (Å²) in [5.74, 6) is 0.0691. The first-order chi connectivity index (χ1) is 14.5. The van der Waals surface area contributed by atoms with Gasteiger partial charge in [0.2, 0.25) is 24.4 Å². The number of aryl methyl sites for hydroxylation is 1. The molecule has 0 unspecified atom stereocenters. The number of pyridine rings is 1. The molecule has 0 saturated heterocycles. The quantitative estimate of drug-likeness (QED) is 0.255. The molecule has 1 aliphatic heterocycles. The summed E-state index contributed by atoms with van der Waals surface area (Å²) in [6, 6.07) is 1.90. The first-order valence-electron chi connectivity index (χ1n) is 9.13. The second kappa shape index (κ2) is 10.1. The normalized spacial score (nSPS) is 12.1. The summed E-state index contributed by atoms with van der Waals surface area (Å²) in [7, 11) is 1.57. The van der Waals surface area contributed by atoms with Crippen LogP contribution in [0.5, 0.6) is 17.6 Å². The van der Waals surface area contributed by atoms with E-state index >= 15 is 0 Å². The van der Waals surface area contributed by atoms with E-state index in [4.69, 9.17) is 24.1 Å². The topological polar surface area (TPSA) is 130 Å². The summed E-state index contributed by atoms with van der Waals surface area (Å²) in [4.78, 5) is 35.1. The zero-order valence-electron chi connectivity index (χ0n) is 16.5. The molecule has 3 rings (SSSR count). The number of fused-ring (bicyclic) bond motifs is 1. The monoisotopic (exact) mass is 435 g/mol. The van der Waals surface area contributed by atoms with Crippen molar-refractivity contribution in [3.8, 4) is 17.6 Å². The highest BCUT2D eigenvalue weighted by Gasteiger charge is 2.23. The van der Waals surface area contributed by atoms with Crippen LogP contribution in [0.2, 0.25) is 0 Å². The number of carboxylic acid groups (broad SMARTS) is 1. The Hall–Kier alpha value is -3.08. The minimum atomic E-state index is -1.07. The van der Waals surface area contributed by atoms with Gasteiger partial charge in [0.1, 0.15) is 0 Å². The number of thioether (sulfide) groups is 1. The number of methoxy groups -OCH3 is 1. The van der Waals surface area contributed by atoms with Gasteiger partial charge in [-0.3, -0.25) is 9.59 Å². The van der Waals surface area contributed by atoms with Crippen molar-refractivity contribution in [2.45, 2.75) is 37.1 Å². The van der Waals surface area contributed by atoms with Crippen LogP contribution in [0.4, 0.5) is 0 Å². The van der Waals surface area contributed by atoms with Gasteiger partial charge in [0.25, 0.3) is 0 Å². The molecule has 0 bridgehead atoms. The Morgan fingerprint density at radius 1 is 1.27 bits per heavy atom. The first-order valence-corrected chi connectivity index (χ1v) is 10.1. The van der Waals surface area contributed by atoms with Gasteiger partial charge in [0, 0.05) is 23.9 Å². The Balaban J connectivity index is 1.66. The number of carboxylic acids is 1. The highest BCUT2D eigenvalue weighted by Crippen LogP contribution is 2.34. The number of nitrogens with zero attached hydrogens (tertiary/aromatic N) is 3. The fourth-order valence-electron chi connectivity index (χ4n) is 2.68. The van der Waals surface area contributed by atoms with E-state index in [9.17, 15) is 9.59 Å². The second-order valence-corrected chi connectivity index (χ2v) is 7.21. The molecule has 11 heteroatoms. The van der Waals surface area contributed by atoms with E-state index in [1.165, 1.54) is 11.8 Å². The molecule has 30 heavy (non-hydrogen) atoms. The Morgan fingerprint density at radius 2 is 2.10 bits per heavy atom. The molecule has 2 aromatic heterocycles. The minimum absolute atomic E-state index is 0.225. The van der Waals surface area contributed by atoms with Gasteiger partial charge in [0.15, 0.2) is 5.16 Å². The predicted molar refractivity (Wildman–Crippen MR) is 105 cm³/mol. The summed E-state index contributed by atoms with van der Waals surface area (Å²) in [5, 5.41) is 9.04. The third-order valence-electron chi connectivity index (χ3n) is 4.25. The van der Waals surface area contributed by atoms with Crippen LogP contribution in [0.3, 0.4) is 0 Å². The summed E-state index contributed by atoms with van der Waals surface area (Å²) < 4.78 is 21.3. The van der Waals surface area contributed by atoms with Gasteiger partial charge in [0.05, 0.1) is 32.1 Å².